The van der Waals surface area contributed by atoms with E-state index < -0.39 is 11.3 Å². The first-order chi connectivity index (χ1) is 11.5. The van der Waals surface area contributed by atoms with Crippen LogP contribution in [0.2, 0.25) is 5.02 Å². The predicted octanol–water partition coefficient (Wildman–Crippen LogP) is 2.36. The second kappa shape index (κ2) is 6.47. The van der Waals surface area contributed by atoms with Crippen molar-refractivity contribution >= 4 is 28.4 Å². The average Bonchev–Trinajstić information content (AvgIpc) is 2.56. The molecule has 1 heterocycles. The highest BCUT2D eigenvalue weighted by Crippen LogP contribution is 2.18. The average molecular weight is 343 g/mol. The molecule has 2 aromatic carbocycles. The lowest BCUT2D eigenvalue weighted by atomic mass is 10.0. The van der Waals surface area contributed by atoms with Crippen LogP contribution in [-0.2, 0) is 13.0 Å². The maximum absolute atomic E-state index is 12.7. The van der Waals surface area contributed by atoms with Crippen molar-refractivity contribution < 1.29 is 9.90 Å². The number of aromatic amines is 1. The molecule has 0 saturated heterocycles. The summed E-state index contributed by atoms with van der Waals surface area (Å²) in [5.74, 6) is -0.781. The topological polar surface area (TPSA) is 96.2 Å². The molecule has 0 aliphatic carbocycles. The van der Waals surface area contributed by atoms with Crippen molar-refractivity contribution in [2.75, 3.05) is 0 Å². The van der Waals surface area contributed by atoms with Gasteiger partial charge in [0, 0.05) is 28.0 Å². The number of amides is 1. The molecule has 4 N–H and O–H groups in total. The van der Waals surface area contributed by atoms with Crippen molar-refractivity contribution in [3.63, 3.8) is 0 Å². The number of primary amides is 1. The third kappa shape index (κ3) is 3.04. The Morgan fingerprint density at radius 1 is 1.12 bits per heavy atom. The molecule has 5 nitrogen and oxygen atoms in total. The first kappa shape index (κ1) is 16.2. The number of H-pyrrole nitrogens is 1. The summed E-state index contributed by atoms with van der Waals surface area (Å²) < 4.78 is 0. The molecule has 0 aliphatic rings. The number of carbonyl (C=O) groups excluding carboxylic acids is 1. The lowest BCUT2D eigenvalue weighted by molar-refractivity contribution is 0.0998. The molecule has 0 fully saturated rings. The molecule has 0 unspecified atom stereocenters. The Labute approximate surface area is 142 Å². The van der Waals surface area contributed by atoms with E-state index in [9.17, 15) is 14.7 Å². The Morgan fingerprint density at radius 3 is 2.42 bits per heavy atom. The van der Waals surface area contributed by atoms with Crippen LogP contribution in [0.5, 0.6) is 0 Å². The van der Waals surface area contributed by atoms with Gasteiger partial charge in [-0.2, -0.15) is 0 Å². The van der Waals surface area contributed by atoms with E-state index in [1.54, 1.807) is 30.3 Å². The number of aliphatic hydroxyl groups is 1. The van der Waals surface area contributed by atoms with Crippen molar-refractivity contribution in [2.45, 2.75) is 13.0 Å². The number of fused-ring (bicyclic) bond motifs is 1. The molecule has 122 valence electrons. The maximum atomic E-state index is 12.7. The van der Waals surface area contributed by atoms with Gasteiger partial charge in [0.1, 0.15) is 5.56 Å². The number of rotatable bonds is 4. The maximum Gasteiger partial charge on any atom is 0.254 e. The van der Waals surface area contributed by atoms with E-state index in [0.717, 1.165) is 5.56 Å². The van der Waals surface area contributed by atoms with E-state index in [2.05, 4.69) is 4.98 Å². The SMILES string of the molecule is NC(=O)c1c(Cc2ccc(Cl)cc2)[nH]c2ccc(CO)cc2c1=O. The van der Waals surface area contributed by atoms with E-state index in [4.69, 9.17) is 17.3 Å². The first-order valence-electron chi connectivity index (χ1n) is 7.32. The Kier molecular flexibility index (Phi) is 4.38. The van der Waals surface area contributed by atoms with Gasteiger partial charge in [-0.05, 0) is 35.4 Å². The zero-order valence-corrected chi connectivity index (χ0v) is 13.4. The predicted molar refractivity (Wildman–Crippen MR) is 93.3 cm³/mol. The van der Waals surface area contributed by atoms with Crippen LogP contribution in [-0.4, -0.2) is 16.0 Å². The number of aromatic nitrogens is 1. The Morgan fingerprint density at radius 2 is 1.79 bits per heavy atom. The van der Waals surface area contributed by atoms with Crippen LogP contribution in [0.4, 0.5) is 0 Å². The fraction of sp³-hybridized carbons (Fsp3) is 0.111. The third-order valence-electron chi connectivity index (χ3n) is 3.87. The van der Waals surface area contributed by atoms with Gasteiger partial charge in [-0.15, -0.1) is 0 Å². The van der Waals surface area contributed by atoms with Gasteiger partial charge < -0.3 is 15.8 Å². The van der Waals surface area contributed by atoms with Crippen molar-refractivity contribution in [3.8, 4) is 0 Å². The number of hydrogen-bond donors (Lipinski definition) is 3. The number of carbonyl (C=O) groups is 1. The fourth-order valence-electron chi connectivity index (χ4n) is 2.68. The highest BCUT2D eigenvalue weighted by atomic mass is 35.5. The van der Waals surface area contributed by atoms with Crippen LogP contribution in [0.15, 0.2) is 47.3 Å². The molecule has 1 amide bonds. The van der Waals surface area contributed by atoms with E-state index >= 15 is 0 Å². The van der Waals surface area contributed by atoms with Gasteiger partial charge >= 0.3 is 0 Å². The standard InChI is InChI=1S/C18H15ClN2O3/c19-12-4-1-10(2-5-12)8-15-16(18(20)24)17(23)13-7-11(9-22)3-6-14(13)21-15/h1-7,22H,8-9H2,(H2,20,24)(H,21,23). The molecule has 0 saturated carbocycles. The molecule has 1 aromatic heterocycles. The Bertz CT molecular complexity index is 978. The van der Waals surface area contributed by atoms with Crippen molar-refractivity contribution in [1.82, 2.24) is 4.98 Å². The van der Waals surface area contributed by atoms with Gasteiger partial charge in [0.2, 0.25) is 5.43 Å². The van der Waals surface area contributed by atoms with E-state index in [1.165, 1.54) is 0 Å². The lowest BCUT2D eigenvalue weighted by Crippen LogP contribution is -2.25. The molecule has 6 heteroatoms. The smallest absolute Gasteiger partial charge is 0.254 e. The van der Waals surface area contributed by atoms with Crippen LogP contribution in [0.1, 0.15) is 27.2 Å². The van der Waals surface area contributed by atoms with Crippen molar-refractivity contribution in [2.24, 2.45) is 5.73 Å². The molecule has 0 aliphatic heterocycles. The Balaban J connectivity index is 2.19. The summed E-state index contributed by atoms with van der Waals surface area (Å²) in [6.45, 7) is -0.187. The number of halogens is 1. The van der Waals surface area contributed by atoms with Gasteiger partial charge in [0.05, 0.1) is 6.61 Å². The van der Waals surface area contributed by atoms with Gasteiger partial charge in [-0.3, -0.25) is 9.59 Å². The number of hydrogen-bond acceptors (Lipinski definition) is 3. The van der Waals surface area contributed by atoms with Gasteiger partial charge in [-0.25, -0.2) is 0 Å². The van der Waals surface area contributed by atoms with Gasteiger partial charge in [0.25, 0.3) is 5.91 Å². The minimum atomic E-state index is -0.781. The minimum absolute atomic E-state index is 0.0625. The molecule has 24 heavy (non-hydrogen) atoms. The number of pyridine rings is 1. The van der Waals surface area contributed by atoms with Crippen molar-refractivity contribution in [3.05, 3.63) is 80.1 Å². The normalized spacial score (nSPS) is 10.9. The quantitative estimate of drug-likeness (QED) is 0.679. The van der Waals surface area contributed by atoms with Gasteiger partial charge in [0.15, 0.2) is 0 Å². The molecule has 3 aromatic rings. The van der Waals surface area contributed by atoms with E-state index in [1.807, 2.05) is 12.1 Å². The summed E-state index contributed by atoms with van der Waals surface area (Å²) in [5.41, 5.74) is 7.46. The number of aliphatic hydroxyl groups excluding tert-OH is 1. The van der Waals surface area contributed by atoms with Crippen LogP contribution in [0, 0.1) is 0 Å². The molecular weight excluding hydrogens is 328 g/mol. The van der Waals surface area contributed by atoms with Gasteiger partial charge in [-0.1, -0.05) is 29.8 Å². The lowest BCUT2D eigenvalue weighted by Gasteiger charge is -2.10. The Hall–Kier alpha value is -2.63. The summed E-state index contributed by atoms with van der Waals surface area (Å²) in [6, 6.07) is 12.1. The summed E-state index contributed by atoms with van der Waals surface area (Å²) in [5, 5.41) is 10.2. The van der Waals surface area contributed by atoms with Crippen LogP contribution >= 0.6 is 11.6 Å². The highest BCUT2D eigenvalue weighted by molar-refractivity contribution is 6.30. The number of benzene rings is 2. The van der Waals surface area contributed by atoms with Crippen LogP contribution < -0.4 is 11.2 Å². The molecule has 0 atom stereocenters. The molecule has 0 spiro atoms. The van der Waals surface area contributed by atoms with E-state index in [-0.39, 0.29) is 12.2 Å². The summed E-state index contributed by atoms with van der Waals surface area (Å²) >= 11 is 5.88. The second-order valence-corrected chi connectivity index (χ2v) is 5.95. The molecular formula is C18H15ClN2O3. The molecule has 0 radical (unpaired) electrons. The monoisotopic (exact) mass is 342 g/mol. The number of nitrogens with two attached hydrogens (primary N) is 1. The summed E-state index contributed by atoms with van der Waals surface area (Å²) in [4.78, 5) is 27.6. The zero-order valence-electron chi connectivity index (χ0n) is 12.7. The first-order valence-corrected chi connectivity index (χ1v) is 7.70. The largest absolute Gasteiger partial charge is 0.392 e. The minimum Gasteiger partial charge on any atom is -0.392 e. The van der Waals surface area contributed by atoms with Crippen molar-refractivity contribution in [1.29, 1.82) is 0 Å². The van der Waals surface area contributed by atoms with E-state index in [0.29, 0.717) is 33.6 Å². The van der Waals surface area contributed by atoms with Crippen LogP contribution in [0.25, 0.3) is 10.9 Å². The third-order valence-corrected chi connectivity index (χ3v) is 4.12. The number of nitrogens with one attached hydrogen (secondary N) is 1. The highest BCUT2D eigenvalue weighted by Gasteiger charge is 2.17. The fourth-order valence-corrected chi connectivity index (χ4v) is 2.81. The zero-order chi connectivity index (χ0) is 17.3. The second-order valence-electron chi connectivity index (χ2n) is 5.51. The molecule has 0 bridgehead atoms. The molecule has 3 rings (SSSR count). The summed E-state index contributed by atoms with van der Waals surface area (Å²) in [6.07, 6.45) is 0.350. The summed E-state index contributed by atoms with van der Waals surface area (Å²) in [7, 11) is 0. The van der Waals surface area contributed by atoms with Crippen LogP contribution in [0.3, 0.4) is 0 Å².